The summed E-state index contributed by atoms with van der Waals surface area (Å²) in [4.78, 5) is 13.7. The van der Waals surface area contributed by atoms with Gasteiger partial charge in [0, 0.05) is 43.7 Å². The molecule has 2 aromatic heterocycles. The maximum atomic E-state index is 6.13. The lowest BCUT2D eigenvalue weighted by atomic mass is 10.1. The third-order valence-corrected chi connectivity index (χ3v) is 5.26. The third kappa shape index (κ3) is 3.26. The van der Waals surface area contributed by atoms with Crippen molar-refractivity contribution in [2.75, 3.05) is 31.6 Å². The van der Waals surface area contributed by atoms with Crippen LogP contribution in [0, 0.1) is 13.8 Å². The molecule has 2 aromatic rings. The van der Waals surface area contributed by atoms with E-state index in [-0.39, 0.29) is 6.10 Å². The first-order valence-corrected chi connectivity index (χ1v) is 8.91. The molecule has 0 radical (unpaired) electrons. The first-order valence-electron chi connectivity index (χ1n) is 8.91. The molecule has 134 valence electrons. The number of nitrogens with zero attached hydrogens (tertiary/aromatic N) is 5. The van der Waals surface area contributed by atoms with E-state index < -0.39 is 0 Å². The van der Waals surface area contributed by atoms with Crippen molar-refractivity contribution in [1.29, 1.82) is 0 Å². The lowest BCUT2D eigenvalue weighted by molar-refractivity contribution is 0.0544. The van der Waals surface area contributed by atoms with Crippen LogP contribution < -0.4 is 4.90 Å². The molecule has 4 rings (SSSR count). The summed E-state index contributed by atoms with van der Waals surface area (Å²) in [6.07, 6.45) is 3.93. The molecule has 0 aliphatic carbocycles. The van der Waals surface area contributed by atoms with Gasteiger partial charge in [0.25, 0.3) is 0 Å². The van der Waals surface area contributed by atoms with Gasteiger partial charge in [-0.05, 0) is 27.3 Å². The molecule has 4 heterocycles. The molecular weight excluding hydrogens is 318 g/mol. The number of likely N-dealkylation sites (N-methyl/N-ethyl adjacent to an activating group) is 1. The monoisotopic (exact) mass is 343 g/mol. The van der Waals surface area contributed by atoms with Gasteiger partial charge in [0.1, 0.15) is 17.9 Å². The Hall–Kier alpha value is -1.99. The molecule has 1 fully saturated rings. The SMILES string of the molecule is Cc1noc(C)c1COC1CCN(c2ncnc3c2CN(C)CC3)C1. The summed E-state index contributed by atoms with van der Waals surface area (Å²) < 4.78 is 11.3. The molecular formula is C18H25N5O2. The van der Waals surface area contributed by atoms with Crippen molar-refractivity contribution in [3.63, 3.8) is 0 Å². The van der Waals surface area contributed by atoms with E-state index in [0.29, 0.717) is 6.61 Å². The van der Waals surface area contributed by atoms with E-state index in [4.69, 9.17) is 9.26 Å². The summed E-state index contributed by atoms with van der Waals surface area (Å²) in [5, 5.41) is 3.99. The van der Waals surface area contributed by atoms with Crippen molar-refractivity contribution in [2.45, 2.75) is 45.9 Å². The minimum Gasteiger partial charge on any atom is -0.371 e. The zero-order valence-electron chi connectivity index (χ0n) is 15.2. The Morgan fingerprint density at radius 1 is 1.28 bits per heavy atom. The van der Waals surface area contributed by atoms with Crippen LogP contribution in [0.3, 0.4) is 0 Å². The molecule has 0 bridgehead atoms. The number of anilines is 1. The van der Waals surface area contributed by atoms with E-state index in [1.165, 1.54) is 11.3 Å². The Balaban J connectivity index is 1.43. The van der Waals surface area contributed by atoms with Crippen LogP contribution in [0.2, 0.25) is 0 Å². The number of rotatable bonds is 4. The van der Waals surface area contributed by atoms with Gasteiger partial charge in [-0.25, -0.2) is 9.97 Å². The van der Waals surface area contributed by atoms with E-state index in [2.05, 4.69) is 32.0 Å². The van der Waals surface area contributed by atoms with Gasteiger partial charge in [-0.15, -0.1) is 0 Å². The van der Waals surface area contributed by atoms with E-state index in [1.54, 1.807) is 6.33 Å². The van der Waals surface area contributed by atoms with E-state index in [1.807, 2.05) is 13.8 Å². The predicted octanol–water partition coefficient (Wildman–Crippen LogP) is 1.86. The Morgan fingerprint density at radius 2 is 2.16 bits per heavy atom. The van der Waals surface area contributed by atoms with Gasteiger partial charge >= 0.3 is 0 Å². The first-order chi connectivity index (χ1) is 12.1. The number of fused-ring (bicyclic) bond motifs is 1. The summed E-state index contributed by atoms with van der Waals surface area (Å²) in [6, 6.07) is 0. The largest absolute Gasteiger partial charge is 0.371 e. The molecule has 1 saturated heterocycles. The van der Waals surface area contributed by atoms with Gasteiger partial charge in [-0.2, -0.15) is 0 Å². The molecule has 0 N–H and O–H groups in total. The summed E-state index contributed by atoms with van der Waals surface area (Å²) >= 11 is 0. The van der Waals surface area contributed by atoms with Crippen LogP contribution in [0.15, 0.2) is 10.9 Å². The number of ether oxygens (including phenoxy) is 1. The zero-order chi connectivity index (χ0) is 17.4. The van der Waals surface area contributed by atoms with Crippen molar-refractivity contribution in [1.82, 2.24) is 20.0 Å². The van der Waals surface area contributed by atoms with Gasteiger partial charge in [-0.3, -0.25) is 0 Å². The minimum atomic E-state index is 0.209. The summed E-state index contributed by atoms with van der Waals surface area (Å²) in [5.74, 6) is 1.93. The van der Waals surface area contributed by atoms with Gasteiger partial charge in [0.05, 0.1) is 24.1 Å². The summed E-state index contributed by atoms with van der Waals surface area (Å²) in [6.45, 7) is 8.28. The highest BCUT2D eigenvalue weighted by atomic mass is 16.5. The van der Waals surface area contributed by atoms with Gasteiger partial charge in [-0.1, -0.05) is 5.16 Å². The van der Waals surface area contributed by atoms with Gasteiger partial charge in [0.15, 0.2) is 0 Å². The van der Waals surface area contributed by atoms with Crippen molar-refractivity contribution in [3.05, 3.63) is 34.6 Å². The maximum absolute atomic E-state index is 6.13. The average molecular weight is 343 g/mol. The highest BCUT2D eigenvalue weighted by Crippen LogP contribution is 2.28. The second kappa shape index (κ2) is 6.72. The van der Waals surface area contributed by atoms with Crippen molar-refractivity contribution in [3.8, 4) is 0 Å². The van der Waals surface area contributed by atoms with Gasteiger partial charge < -0.3 is 19.1 Å². The summed E-state index contributed by atoms with van der Waals surface area (Å²) in [5.41, 5.74) is 4.46. The highest BCUT2D eigenvalue weighted by molar-refractivity contribution is 5.50. The number of aryl methyl sites for hydroxylation is 2. The molecule has 2 aliphatic rings. The Bertz CT molecular complexity index is 740. The predicted molar refractivity (Wildman–Crippen MR) is 93.5 cm³/mol. The fraction of sp³-hybridized carbons (Fsp3) is 0.611. The quantitative estimate of drug-likeness (QED) is 0.839. The molecule has 0 aromatic carbocycles. The van der Waals surface area contributed by atoms with Crippen LogP contribution in [0.25, 0.3) is 0 Å². The maximum Gasteiger partial charge on any atom is 0.139 e. The van der Waals surface area contributed by atoms with Crippen molar-refractivity contribution < 1.29 is 9.26 Å². The van der Waals surface area contributed by atoms with Crippen molar-refractivity contribution in [2.24, 2.45) is 0 Å². The standard InChI is InChI=1S/C18H25N5O2/c1-12-16(13(2)25-21-12)10-24-14-4-7-23(8-14)18-15-9-22(3)6-5-17(15)19-11-20-18/h11,14H,4-10H2,1-3H3. The molecule has 7 nitrogen and oxygen atoms in total. The smallest absolute Gasteiger partial charge is 0.139 e. The normalized spacial score (nSPS) is 20.9. The second-order valence-corrected chi connectivity index (χ2v) is 7.08. The Kier molecular flexibility index (Phi) is 4.43. The van der Waals surface area contributed by atoms with Crippen LogP contribution in [0.4, 0.5) is 5.82 Å². The highest BCUT2D eigenvalue weighted by Gasteiger charge is 2.29. The summed E-state index contributed by atoms with van der Waals surface area (Å²) in [7, 11) is 2.15. The molecule has 1 unspecified atom stereocenters. The van der Waals surface area contributed by atoms with Crippen molar-refractivity contribution >= 4 is 5.82 Å². The number of hydrogen-bond donors (Lipinski definition) is 0. The molecule has 2 aliphatic heterocycles. The third-order valence-electron chi connectivity index (χ3n) is 5.26. The Morgan fingerprint density at radius 3 is 2.96 bits per heavy atom. The Labute approximate surface area is 148 Å². The topological polar surface area (TPSA) is 67.5 Å². The molecule has 0 amide bonds. The first kappa shape index (κ1) is 16.5. The van der Waals surface area contributed by atoms with Crippen LogP contribution in [-0.2, 0) is 24.3 Å². The fourth-order valence-electron chi connectivity index (χ4n) is 3.70. The lowest BCUT2D eigenvalue weighted by Crippen LogP contribution is -2.31. The zero-order valence-corrected chi connectivity index (χ0v) is 15.2. The number of aromatic nitrogens is 3. The van der Waals surface area contributed by atoms with Crippen LogP contribution in [-0.4, -0.2) is 52.8 Å². The number of hydrogen-bond acceptors (Lipinski definition) is 7. The molecule has 0 spiro atoms. The van der Waals surface area contributed by atoms with Gasteiger partial charge in [0.2, 0.25) is 0 Å². The van der Waals surface area contributed by atoms with E-state index in [9.17, 15) is 0 Å². The van der Waals surface area contributed by atoms with Crippen LogP contribution >= 0.6 is 0 Å². The van der Waals surface area contributed by atoms with E-state index in [0.717, 1.165) is 61.9 Å². The van der Waals surface area contributed by atoms with Crippen LogP contribution in [0.1, 0.15) is 34.7 Å². The second-order valence-electron chi connectivity index (χ2n) is 7.08. The fourth-order valence-corrected chi connectivity index (χ4v) is 3.70. The molecule has 1 atom stereocenters. The molecule has 0 saturated carbocycles. The average Bonchev–Trinajstić information content (AvgIpc) is 3.20. The van der Waals surface area contributed by atoms with Crippen LogP contribution in [0.5, 0.6) is 0 Å². The lowest BCUT2D eigenvalue weighted by Gasteiger charge is -2.28. The minimum absolute atomic E-state index is 0.209. The molecule has 7 heteroatoms. The molecule has 25 heavy (non-hydrogen) atoms. The van der Waals surface area contributed by atoms with E-state index >= 15 is 0 Å².